The van der Waals surface area contributed by atoms with Gasteiger partial charge in [0.2, 0.25) is 0 Å². The molecule has 3 N–H and O–H groups in total. The van der Waals surface area contributed by atoms with Crippen molar-refractivity contribution in [2.45, 2.75) is 39.7 Å². The summed E-state index contributed by atoms with van der Waals surface area (Å²) in [7, 11) is 0. The summed E-state index contributed by atoms with van der Waals surface area (Å²) in [5.74, 6) is 1.20. The summed E-state index contributed by atoms with van der Waals surface area (Å²) in [6, 6.07) is 8.07. The van der Waals surface area contributed by atoms with Gasteiger partial charge in [0.25, 0.3) is 5.91 Å². The monoisotopic (exact) mass is 397 g/mol. The number of halogens is 1. The smallest absolute Gasteiger partial charge is 0.270 e. The van der Waals surface area contributed by atoms with E-state index in [1.807, 2.05) is 12.1 Å². The van der Waals surface area contributed by atoms with E-state index in [4.69, 9.17) is 10.5 Å². The zero-order valence-corrected chi connectivity index (χ0v) is 17.4. The van der Waals surface area contributed by atoms with Crippen molar-refractivity contribution in [1.82, 2.24) is 10.3 Å². The van der Waals surface area contributed by atoms with Gasteiger partial charge in [0.05, 0.1) is 6.61 Å². The van der Waals surface area contributed by atoms with Crippen LogP contribution in [0.25, 0.3) is 0 Å². The zero-order chi connectivity index (χ0) is 18.4. The minimum atomic E-state index is -0.195. The Kier molecular flexibility index (Phi) is 8.53. The molecule has 0 radical (unpaired) electrons. The molecule has 0 fully saturated rings. The Balaban J connectivity index is 0.00000338. The second-order valence-electron chi connectivity index (χ2n) is 7.13. The third-order valence-electron chi connectivity index (χ3n) is 3.87. The van der Waals surface area contributed by atoms with E-state index < -0.39 is 0 Å². The van der Waals surface area contributed by atoms with Crippen LogP contribution < -0.4 is 15.8 Å². The van der Waals surface area contributed by atoms with Gasteiger partial charge in [0.15, 0.2) is 0 Å². The fourth-order valence-electron chi connectivity index (χ4n) is 2.27. The molecule has 2 aromatic rings. The van der Waals surface area contributed by atoms with Gasteiger partial charge in [-0.1, -0.05) is 39.8 Å². The third-order valence-corrected chi connectivity index (χ3v) is 4.74. The summed E-state index contributed by atoms with van der Waals surface area (Å²) >= 11 is 1.40. The Morgan fingerprint density at radius 1 is 1.31 bits per heavy atom. The quantitative estimate of drug-likeness (QED) is 0.710. The van der Waals surface area contributed by atoms with E-state index in [-0.39, 0.29) is 23.7 Å². The number of hydrogen-bond donors (Lipinski definition) is 2. The number of nitrogens with zero attached hydrogens (tertiary/aromatic N) is 1. The summed E-state index contributed by atoms with van der Waals surface area (Å²) in [6.45, 7) is 10.0. The number of nitrogens with one attached hydrogen (secondary N) is 1. The number of thiazole rings is 1. The molecule has 0 spiro atoms. The van der Waals surface area contributed by atoms with E-state index in [1.165, 1.54) is 11.3 Å². The lowest BCUT2D eigenvalue weighted by Crippen LogP contribution is -2.36. The largest absolute Gasteiger partial charge is 0.493 e. The molecule has 0 saturated heterocycles. The molecule has 1 aromatic heterocycles. The Morgan fingerprint density at radius 3 is 2.50 bits per heavy atom. The highest BCUT2D eigenvalue weighted by Crippen LogP contribution is 2.25. The summed E-state index contributed by atoms with van der Waals surface area (Å²) in [5.41, 5.74) is 6.92. The average molecular weight is 398 g/mol. The summed E-state index contributed by atoms with van der Waals surface area (Å²) in [5, 5.41) is 5.47. The van der Waals surface area contributed by atoms with Crippen molar-refractivity contribution >= 4 is 29.7 Å². The fourth-order valence-corrected chi connectivity index (χ4v) is 2.92. The van der Waals surface area contributed by atoms with Crippen LogP contribution in [0.4, 0.5) is 0 Å². The molecule has 2 rings (SSSR count). The molecule has 0 unspecified atom stereocenters. The van der Waals surface area contributed by atoms with Crippen molar-refractivity contribution in [3.63, 3.8) is 0 Å². The van der Waals surface area contributed by atoms with Gasteiger partial charge in [-0.3, -0.25) is 4.79 Å². The Bertz CT molecular complexity index is 699. The summed E-state index contributed by atoms with van der Waals surface area (Å²) < 4.78 is 5.72. The second-order valence-corrected chi connectivity index (χ2v) is 8.07. The Labute approximate surface area is 165 Å². The topological polar surface area (TPSA) is 77.2 Å². The highest BCUT2D eigenvalue weighted by molar-refractivity contribution is 7.09. The third kappa shape index (κ3) is 6.27. The predicted octanol–water partition coefficient (Wildman–Crippen LogP) is 3.77. The molecule has 0 bridgehead atoms. The molecule has 5 nitrogen and oxygen atoms in total. The lowest BCUT2D eigenvalue weighted by molar-refractivity contribution is 0.0941. The van der Waals surface area contributed by atoms with E-state index in [9.17, 15) is 4.79 Å². The fraction of sp³-hybridized carbons (Fsp3) is 0.474. The van der Waals surface area contributed by atoms with Gasteiger partial charge in [0.1, 0.15) is 16.5 Å². The van der Waals surface area contributed by atoms with Crippen molar-refractivity contribution < 1.29 is 9.53 Å². The van der Waals surface area contributed by atoms with E-state index in [1.54, 1.807) is 5.38 Å². The first-order valence-electron chi connectivity index (χ1n) is 8.48. The molecule has 7 heteroatoms. The number of ether oxygens (including phenoxy) is 1. The maximum atomic E-state index is 12.2. The molecular formula is C19H28ClN3O2S. The van der Waals surface area contributed by atoms with Crippen LogP contribution in [-0.2, 0) is 12.0 Å². The highest BCUT2D eigenvalue weighted by Gasteiger charge is 2.22. The SMILES string of the molecule is CC(C)COc1ccc(C(C)(C)CNC(=O)c2csc(CN)n2)cc1.Cl. The van der Waals surface area contributed by atoms with Gasteiger partial charge >= 0.3 is 0 Å². The van der Waals surface area contributed by atoms with Crippen LogP contribution in [0, 0.1) is 5.92 Å². The van der Waals surface area contributed by atoms with Gasteiger partial charge in [-0.15, -0.1) is 23.7 Å². The number of carbonyl (C=O) groups is 1. The van der Waals surface area contributed by atoms with Crippen LogP contribution in [0.5, 0.6) is 5.75 Å². The lowest BCUT2D eigenvalue weighted by atomic mass is 9.84. The van der Waals surface area contributed by atoms with Crippen molar-refractivity contribution in [3.05, 3.63) is 45.9 Å². The van der Waals surface area contributed by atoms with Crippen molar-refractivity contribution in [2.24, 2.45) is 11.7 Å². The van der Waals surface area contributed by atoms with Crippen LogP contribution in [0.15, 0.2) is 29.6 Å². The Morgan fingerprint density at radius 2 is 1.96 bits per heavy atom. The first kappa shape index (κ1) is 22.4. The first-order valence-corrected chi connectivity index (χ1v) is 9.36. The zero-order valence-electron chi connectivity index (χ0n) is 15.7. The highest BCUT2D eigenvalue weighted by atomic mass is 35.5. The van der Waals surface area contributed by atoms with E-state index in [2.05, 4.69) is 50.1 Å². The van der Waals surface area contributed by atoms with E-state index >= 15 is 0 Å². The van der Waals surface area contributed by atoms with Crippen LogP contribution in [0.1, 0.15) is 48.8 Å². The number of nitrogens with two attached hydrogens (primary N) is 1. The lowest BCUT2D eigenvalue weighted by Gasteiger charge is -2.25. The minimum absolute atomic E-state index is 0. The van der Waals surface area contributed by atoms with Gasteiger partial charge in [-0.2, -0.15) is 0 Å². The standard InChI is InChI=1S/C19H27N3O2S.ClH/c1-13(2)10-24-15-7-5-14(6-8-15)19(3,4)12-21-18(23)16-11-25-17(9-20)22-16;/h5-8,11,13H,9-10,12,20H2,1-4H3,(H,21,23);1H. The summed E-state index contributed by atoms with van der Waals surface area (Å²) in [4.78, 5) is 16.4. The van der Waals surface area contributed by atoms with Crippen molar-refractivity contribution in [3.8, 4) is 5.75 Å². The normalized spacial score (nSPS) is 11.2. The summed E-state index contributed by atoms with van der Waals surface area (Å²) in [6.07, 6.45) is 0. The van der Waals surface area contributed by atoms with E-state index in [0.29, 0.717) is 31.3 Å². The number of carbonyl (C=O) groups excluding carboxylic acids is 1. The van der Waals surface area contributed by atoms with Crippen LogP contribution in [-0.4, -0.2) is 24.0 Å². The maximum Gasteiger partial charge on any atom is 0.270 e. The number of benzene rings is 1. The number of amides is 1. The van der Waals surface area contributed by atoms with Crippen molar-refractivity contribution in [1.29, 1.82) is 0 Å². The van der Waals surface area contributed by atoms with Gasteiger partial charge < -0.3 is 15.8 Å². The Hall–Kier alpha value is -1.63. The van der Waals surface area contributed by atoms with Gasteiger partial charge in [-0.25, -0.2) is 4.98 Å². The molecule has 26 heavy (non-hydrogen) atoms. The average Bonchev–Trinajstić information content (AvgIpc) is 3.07. The molecule has 0 atom stereocenters. The molecule has 1 amide bonds. The molecule has 0 aliphatic heterocycles. The molecule has 0 aliphatic carbocycles. The molecule has 1 heterocycles. The molecule has 1 aromatic carbocycles. The maximum absolute atomic E-state index is 12.2. The van der Waals surface area contributed by atoms with Crippen LogP contribution in [0.2, 0.25) is 0 Å². The van der Waals surface area contributed by atoms with Crippen molar-refractivity contribution in [2.75, 3.05) is 13.2 Å². The molecule has 0 aliphatic rings. The predicted molar refractivity (Wildman–Crippen MR) is 109 cm³/mol. The minimum Gasteiger partial charge on any atom is -0.493 e. The van der Waals surface area contributed by atoms with Crippen LogP contribution in [0.3, 0.4) is 0 Å². The number of aromatic nitrogens is 1. The second kappa shape index (κ2) is 9.90. The molecule has 144 valence electrons. The van der Waals surface area contributed by atoms with E-state index in [0.717, 1.165) is 16.3 Å². The molecule has 0 saturated carbocycles. The number of hydrogen-bond acceptors (Lipinski definition) is 5. The number of rotatable bonds is 8. The van der Waals surface area contributed by atoms with Gasteiger partial charge in [0, 0.05) is 23.9 Å². The van der Waals surface area contributed by atoms with Crippen LogP contribution >= 0.6 is 23.7 Å². The molecular weight excluding hydrogens is 370 g/mol. The van der Waals surface area contributed by atoms with Gasteiger partial charge in [-0.05, 0) is 23.6 Å². The first-order chi connectivity index (χ1) is 11.8.